The number of aliphatic hydroxyl groups is 1. The number of amides is 1. The molecule has 2 aromatic carbocycles. The molecule has 0 aliphatic heterocycles. The summed E-state index contributed by atoms with van der Waals surface area (Å²) in [6.07, 6.45) is -0.455. The van der Waals surface area contributed by atoms with Crippen LogP contribution in [0.1, 0.15) is 56.2 Å². The molecule has 0 radical (unpaired) electrons. The SMILES string of the molecule is CC(C)(C)C(C)(O)COc1cc(C(=O)NC(CC(=O)O)c2ccc(F)cc2)nn1-c1ccccc1F. The summed E-state index contributed by atoms with van der Waals surface area (Å²) in [6.45, 7) is 6.93. The zero-order valence-electron chi connectivity index (χ0n) is 20.5. The van der Waals surface area contributed by atoms with Crippen molar-refractivity contribution in [2.75, 3.05) is 6.61 Å². The number of rotatable bonds is 9. The van der Waals surface area contributed by atoms with Crippen LogP contribution in [0.5, 0.6) is 5.88 Å². The Morgan fingerprint density at radius 1 is 1.08 bits per heavy atom. The van der Waals surface area contributed by atoms with E-state index in [2.05, 4.69) is 10.4 Å². The van der Waals surface area contributed by atoms with Crippen LogP contribution in [0.25, 0.3) is 5.69 Å². The second-order valence-corrected chi connectivity index (χ2v) is 9.72. The summed E-state index contributed by atoms with van der Waals surface area (Å²) in [7, 11) is 0. The first-order valence-corrected chi connectivity index (χ1v) is 11.3. The Hall–Kier alpha value is -3.79. The first-order valence-electron chi connectivity index (χ1n) is 11.3. The molecule has 1 amide bonds. The Kier molecular flexibility index (Phi) is 7.78. The number of carbonyl (C=O) groups is 2. The van der Waals surface area contributed by atoms with Gasteiger partial charge in [-0.05, 0) is 42.2 Å². The lowest BCUT2D eigenvalue weighted by atomic mass is 9.78. The molecule has 1 heterocycles. The van der Waals surface area contributed by atoms with Gasteiger partial charge in [0, 0.05) is 6.07 Å². The topological polar surface area (TPSA) is 114 Å². The molecule has 0 aliphatic carbocycles. The zero-order chi connectivity index (χ0) is 26.7. The first kappa shape index (κ1) is 26.8. The van der Waals surface area contributed by atoms with Crippen LogP contribution in [0.15, 0.2) is 54.6 Å². The van der Waals surface area contributed by atoms with E-state index in [1.165, 1.54) is 36.4 Å². The Balaban J connectivity index is 1.95. The van der Waals surface area contributed by atoms with Gasteiger partial charge in [-0.15, -0.1) is 0 Å². The molecular formula is C26H29F2N3O5. The van der Waals surface area contributed by atoms with Crippen LogP contribution < -0.4 is 10.1 Å². The van der Waals surface area contributed by atoms with Gasteiger partial charge < -0.3 is 20.3 Å². The Morgan fingerprint density at radius 2 is 1.72 bits per heavy atom. The monoisotopic (exact) mass is 501 g/mol. The fraction of sp³-hybridized carbons (Fsp3) is 0.346. The lowest BCUT2D eigenvalue weighted by Gasteiger charge is -2.36. The minimum Gasteiger partial charge on any atom is -0.481 e. The highest BCUT2D eigenvalue weighted by Crippen LogP contribution is 2.31. The van der Waals surface area contributed by atoms with Crippen LogP contribution in [-0.2, 0) is 4.79 Å². The van der Waals surface area contributed by atoms with Crippen molar-refractivity contribution in [3.05, 3.63) is 77.5 Å². The summed E-state index contributed by atoms with van der Waals surface area (Å²) < 4.78 is 34.8. The average Bonchev–Trinajstić information content (AvgIpc) is 3.21. The maximum atomic E-state index is 14.6. The van der Waals surface area contributed by atoms with Crippen molar-refractivity contribution in [2.24, 2.45) is 5.41 Å². The highest BCUT2D eigenvalue weighted by molar-refractivity contribution is 5.93. The van der Waals surface area contributed by atoms with Gasteiger partial charge in [-0.3, -0.25) is 9.59 Å². The number of aromatic nitrogens is 2. The lowest BCUT2D eigenvalue weighted by molar-refractivity contribution is -0.137. The third kappa shape index (κ3) is 6.25. The van der Waals surface area contributed by atoms with Crippen LogP contribution in [0.3, 0.4) is 0 Å². The zero-order valence-corrected chi connectivity index (χ0v) is 20.5. The lowest BCUT2D eigenvalue weighted by Crippen LogP contribution is -2.45. The number of benzene rings is 2. The number of nitrogens with zero attached hydrogens (tertiary/aromatic N) is 2. The van der Waals surface area contributed by atoms with Crippen molar-refractivity contribution in [3.63, 3.8) is 0 Å². The van der Waals surface area contributed by atoms with Gasteiger partial charge in [0.2, 0.25) is 5.88 Å². The predicted molar refractivity (Wildman–Crippen MR) is 128 cm³/mol. The van der Waals surface area contributed by atoms with E-state index in [9.17, 15) is 28.6 Å². The van der Waals surface area contributed by atoms with Gasteiger partial charge in [0.1, 0.15) is 29.5 Å². The number of carboxylic acid groups (broad SMARTS) is 1. The van der Waals surface area contributed by atoms with E-state index in [1.54, 1.807) is 13.0 Å². The molecule has 3 N–H and O–H groups in total. The standard InChI is InChI=1S/C26H29F2N3O5/c1-25(2,3)26(4,35)15-36-22-13-20(30-31(22)21-8-6-5-7-18(21)28)24(34)29-19(14-23(32)33)16-9-11-17(27)12-10-16/h5-13,19,35H,14-15H2,1-4H3,(H,29,34)(H,32,33). The molecule has 3 aromatic rings. The second-order valence-electron chi connectivity index (χ2n) is 9.72. The molecular weight excluding hydrogens is 472 g/mol. The number of hydrogen-bond acceptors (Lipinski definition) is 5. The van der Waals surface area contributed by atoms with E-state index in [1.807, 2.05) is 20.8 Å². The number of hydrogen-bond donors (Lipinski definition) is 3. The fourth-order valence-electron chi connectivity index (χ4n) is 3.16. The molecule has 0 bridgehead atoms. The number of nitrogens with one attached hydrogen (secondary N) is 1. The van der Waals surface area contributed by atoms with E-state index >= 15 is 0 Å². The van der Waals surface area contributed by atoms with E-state index in [4.69, 9.17) is 4.74 Å². The summed E-state index contributed by atoms with van der Waals surface area (Å²) in [5.74, 6) is -3.03. The van der Waals surface area contributed by atoms with Crippen molar-refractivity contribution in [1.29, 1.82) is 0 Å². The van der Waals surface area contributed by atoms with Crippen molar-refractivity contribution in [3.8, 4) is 11.6 Å². The summed E-state index contributed by atoms with van der Waals surface area (Å²) >= 11 is 0. The van der Waals surface area contributed by atoms with Gasteiger partial charge in [0.25, 0.3) is 5.91 Å². The summed E-state index contributed by atoms with van der Waals surface area (Å²) in [5.41, 5.74) is -1.58. The molecule has 2 unspecified atom stereocenters. The second kappa shape index (κ2) is 10.4. The molecule has 1 aromatic heterocycles. The van der Waals surface area contributed by atoms with E-state index in [-0.39, 0.29) is 23.9 Å². The molecule has 0 aliphatic rings. The van der Waals surface area contributed by atoms with E-state index < -0.39 is 47.0 Å². The molecule has 3 rings (SSSR count). The van der Waals surface area contributed by atoms with Crippen LogP contribution >= 0.6 is 0 Å². The third-order valence-electron chi connectivity index (χ3n) is 6.06. The highest BCUT2D eigenvalue weighted by Gasteiger charge is 2.36. The van der Waals surface area contributed by atoms with Gasteiger partial charge in [-0.25, -0.2) is 8.78 Å². The molecule has 0 fully saturated rings. The molecule has 8 nitrogen and oxygen atoms in total. The van der Waals surface area contributed by atoms with Crippen molar-refractivity contribution >= 4 is 11.9 Å². The fourth-order valence-corrected chi connectivity index (χ4v) is 3.16. The van der Waals surface area contributed by atoms with Gasteiger partial charge in [-0.2, -0.15) is 9.78 Å². The predicted octanol–water partition coefficient (Wildman–Crippen LogP) is 4.27. The van der Waals surface area contributed by atoms with Gasteiger partial charge in [0.05, 0.1) is 12.5 Å². The maximum absolute atomic E-state index is 14.6. The summed E-state index contributed by atoms with van der Waals surface area (Å²) in [5, 5.41) is 26.9. The molecule has 36 heavy (non-hydrogen) atoms. The number of carbonyl (C=O) groups excluding carboxylic acids is 1. The van der Waals surface area contributed by atoms with Gasteiger partial charge in [0.15, 0.2) is 5.69 Å². The number of halogens is 2. The number of para-hydroxylation sites is 1. The largest absolute Gasteiger partial charge is 0.481 e. The molecule has 10 heteroatoms. The summed E-state index contributed by atoms with van der Waals surface area (Å²) in [4.78, 5) is 24.4. The van der Waals surface area contributed by atoms with Crippen molar-refractivity contribution in [2.45, 2.75) is 45.8 Å². The number of aliphatic carboxylic acids is 1. The molecule has 2 atom stereocenters. The Bertz CT molecular complexity index is 1230. The number of ether oxygens (including phenoxy) is 1. The first-order chi connectivity index (χ1) is 16.8. The van der Waals surface area contributed by atoms with Crippen LogP contribution in [0.2, 0.25) is 0 Å². The quantitative estimate of drug-likeness (QED) is 0.404. The van der Waals surface area contributed by atoms with Crippen LogP contribution in [0, 0.1) is 17.0 Å². The Labute approximate surface area is 207 Å². The van der Waals surface area contributed by atoms with E-state index in [0.29, 0.717) is 5.56 Å². The van der Waals surface area contributed by atoms with Gasteiger partial charge >= 0.3 is 5.97 Å². The third-order valence-corrected chi connectivity index (χ3v) is 6.06. The maximum Gasteiger partial charge on any atom is 0.305 e. The smallest absolute Gasteiger partial charge is 0.305 e. The van der Waals surface area contributed by atoms with Crippen LogP contribution in [0.4, 0.5) is 8.78 Å². The van der Waals surface area contributed by atoms with Gasteiger partial charge in [-0.1, -0.05) is 45.0 Å². The normalized spacial score (nSPS) is 14.1. The molecule has 0 saturated carbocycles. The van der Waals surface area contributed by atoms with Crippen LogP contribution in [-0.4, -0.2) is 44.1 Å². The molecule has 192 valence electrons. The van der Waals surface area contributed by atoms with Crippen molar-refractivity contribution < 1.29 is 33.3 Å². The average molecular weight is 502 g/mol. The molecule has 0 saturated heterocycles. The molecule has 0 spiro atoms. The highest BCUT2D eigenvalue weighted by atomic mass is 19.1. The van der Waals surface area contributed by atoms with E-state index in [0.717, 1.165) is 16.8 Å². The number of carboxylic acids is 1. The Morgan fingerprint density at radius 3 is 2.31 bits per heavy atom. The van der Waals surface area contributed by atoms with Crippen molar-refractivity contribution in [1.82, 2.24) is 15.1 Å². The minimum atomic E-state index is -1.27. The summed E-state index contributed by atoms with van der Waals surface area (Å²) in [6, 6.07) is 11.2. The minimum absolute atomic E-state index is 0.00587.